The predicted octanol–water partition coefficient (Wildman–Crippen LogP) is 8.32. The van der Waals surface area contributed by atoms with Crippen LogP contribution >= 0.6 is 0 Å². The Labute approximate surface area is 275 Å². The van der Waals surface area contributed by atoms with Crippen molar-refractivity contribution < 1.29 is 13.7 Å². The van der Waals surface area contributed by atoms with Gasteiger partial charge in [0.2, 0.25) is 17.1 Å². The average Bonchev–Trinajstić information content (AvgIpc) is 3.13. The Morgan fingerprint density at radius 3 is 1.83 bits per heavy atom. The molecular formula is C44H34N3+3. The number of nitrogens with zero attached hydrogens (tertiary/aromatic N) is 3. The van der Waals surface area contributed by atoms with Crippen molar-refractivity contribution in [2.75, 3.05) is 0 Å². The topological polar surface area (TPSA) is 11.6 Å². The lowest BCUT2D eigenvalue weighted by Crippen LogP contribution is -2.46. The Balaban J connectivity index is 1.43. The lowest BCUT2D eigenvalue weighted by atomic mass is 9.90. The Morgan fingerprint density at radius 2 is 1.06 bits per heavy atom. The molecule has 0 N–H and O–H groups in total. The third-order valence-electron chi connectivity index (χ3n) is 9.68. The number of hydrogen-bond acceptors (Lipinski definition) is 0. The Kier molecular flexibility index (Phi) is 6.50. The van der Waals surface area contributed by atoms with Crippen LogP contribution in [0.25, 0.3) is 56.3 Å². The SMILES string of the molecule is Cc1cc(-c2ccccc2)c[n+]2c1-c1ccccc1/C(=C1\Cc3ccccc3-c3cccc[n+]31)[n+]1ccccc1-c1ccccc1C2. The van der Waals surface area contributed by atoms with Crippen molar-refractivity contribution in [2.24, 2.45) is 0 Å². The highest BCUT2D eigenvalue weighted by Crippen LogP contribution is 2.37. The quantitative estimate of drug-likeness (QED) is 0.167. The van der Waals surface area contributed by atoms with Crippen LogP contribution in [0.2, 0.25) is 0 Å². The summed E-state index contributed by atoms with van der Waals surface area (Å²) in [5.41, 5.74) is 17.4. The fraction of sp³-hybridized carbons (Fsp3) is 0.0682. The summed E-state index contributed by atoms with van der Waals surface area (Å²) in [7, 11) is 0. The molecule has 0 unspecified atom stereocenters. The van der Waals surface area contributed by atoms with E-state index in [0.717, 1.165) is 13.0 Å². The fourth-order valence-electron chi connectivity index (χ4n) is 7.63. The Bertz CT molecular complexity index is 2370. The lowest BCUT2D eigenvalue weighted by Gasteiger charge is -2.20. The molecule has 3 aromatic heterocycles. The smallest absolute Gasteiger partial charge is 0.193 e. The van der Waals surface area contributed by atoms with E-state index in [4.69, 9.17) is 0 Å². The molecule has 0 radical (unpaired) electrons. The Morgan fingerprint density at radius 1 is 0.489 bits per heavy atom. The summed E-state index contributed by atoms with van der Waals surface area (Å²) < 4.78 is 7.33. The van der Waals surface area contributed by atoms with Crippen molar-refractivity contribution in [1.29, 1.82) is 0 Å². The minimum atomic E-state index is 0.757. The first-order chi connectivity index (χ1) is 23.2. The standard InChI is InChI=1S/C44H34N3/c1-31-27-35(32-15-3-2-4-16-32)30-45-29-34-18-6-8-20-37(34)41-24-12-14-26-47(41)44(39-22-10-9-21-38(39)43(31)45)42-28-33-17-5-7-19-36(33)40-23-11-13-25-46(40)42/h2-27,30H,28-29H2,1H3/q+3/b44-42-. The number of benzene rings is 4. The van der Waals surface area contributed by atoms with Crippen LogP contribution < -0.4 is 13.7 Å². The van der Waals surface area contributed by atoms with E-state index in [-0.39, 0.29) is 0 Å². The number of aryl methyl sites for hydroxylation is 1. The first kappa shape index (κ1) is 27.4. The maximum Gasteiger partial charge on any atom is 0.287 e. The van der Waals surface area contributed by atoms with Crippen molar-refractivity contribution in [3.05, 3.63) is 186 Å². The highest BCUT2D eigenvalue weighted by atomic mass is 15.1. The molecule has 0 bridgehead atoms. The van der Waals surface area contributed by atoms with Crippen molar-refractivity contribution in [3.8, 4) is 44.9 Å². The minimum Gasteiger partial charge on any atom is -0.193 e. The van der Waals surface area contributed by atoms with Crippen LogP contribution in [0.4, 0.5) is 0 Å². The summed E-state index contributed by atoms with van der Waals surface area (Å²) in [5, 5.41) is 0. The molecule has 0 aliphatic carbocycles. The zero-order chi connectivity index (χ0) is 31.3. The number of rotatable bonds is 1. The second kappa shape index (κ2) is 11.1. The van der Waals surface area contributed by atoms with Crippen molar-refractivity contribution in [2.45, 2.75) is 19.9 Å². The van der Waals surface area contributed by atoms with Crippen molar-refractivity contribution in [3.63, 3.8) is 0 Å². The first-order valence-corrected chi connectivity index (χ1v) is 16.4. The molecule has 2 aliphatic rings. The van der Waals surface area contributed by atoms with Gasteiger partial charge in [-0.15, -0.1) is 0 Å². The van der Waals surface area contributed by atoms with Crippen molar-refractivity contribution >= 4 is 11.4 Å². The van der Waals surface area contributed by atoms with Crippen molar-refractivity contribution in [1.82, 2.24) is 0 Å². The largest absolute Gasteiger partial charge is 0.287 e. The van der Waals surface area contributed by atoms with Gasteiger partial charge in [0.15, 0.2) is 25.1 Å². The molecule has 0 atom stereocenters. The number of hydrogen-bond donors (Lipinski definition) is 0. The summed E-state index contributed by atoms with van der Waals surface area (Å²) in [6.07, 6.45) is 7.64. The van der Waals surface area contributed by atoms with Gasteiger partial charge >= 0.3 is 0 Å². The van der Waals surface area contributed by atoms with Gasteiger partial charge in [0, 0.05) is 41.0 Å². The second-order valence-corrected chi connectivity index (χ2v) is 12.5. The van der Waals surface area contributed by atoms with E-state index in [1.165, 1.54) is 78.5 Å². The van der Waals surface area contributed by atoms with E-state index in [1.807, 2.05) is 0 Å². The molecule has 4 aromatic carbocycles. The molecule has 0 spiro atoms. The summed E-state index contributed by atoms with van der Waals surface area (Å²) >= 11 is 0. The van der Waals surface area contributed by atoms with Gasteiger partial charge in [0.1, 0.15) is 0 Å². The lowest BCUT2D eigenvalue weighted by molar-refractivity contribution is -0.677. The van der Waals surface area contributed by atoms with E-state index in [2.05, 4.69) is 185 Å². The van der Waals surface area contributed by atoms with Crippen LogP contribution in [0.15, 0.2) is 164 Å². The van der Waals surface area contributed by atoms with Crippen LogP contribution in [-0.2, 0) is 13.0 Å². The Hall–Kier alpha value is -5.93. The van der Waals surface area contributed by atoms with Gasteiger partial charge in [-0.3, -0.25) is 0 Å². The summed E-state index contributed by atoms with van der Waals surface area (Å²) in [6.45, 7) is 3.02. The molecule has 0 saturated heterocycles. The highest BCUT2D eigenvalue weighted by Gasteiger charge is 2.39. The maximum atomic E-state index is 2.48. The van der Waals surface area contributed by atoms with E-state index < -0.39 is 0 Å². The molecule has 3 nitrogen and oxygen atoms in total. The van der Waals surface area contributed by atoms with Gasteiger partial charge in [0.25, 0.3) is 11.4 Å². The van der Waals surface area contributed by atoms with E-state index in [9.17, 15) is 0 Å². The van der Waals surface area contributed by atoms with E-state index in [0.29, 0.717) is 0 Å². The maximum absolute atomic E-state index is 2.48. The van der Waals surface area contributed by atoms with Gasteiger partial charge in [-0.25, -0.2) is 0 Å². The molecule has 0 saturated carbocycles. The zero-order valence-electron chi connectivity index (χ0n) is 26.3. The van der Waals surface area contributed by atoms with E-state index in [1.54, 1.807) is 0 Å². The van der Waals surface area contributed by atoms with Gasteiger partial charge in [0.05, 0.1) is 28.7 Å². The molecule has 2 aliphatic heterocycles. The van der Waals surface area contributed by atoms with Crippen LogP contribution in [0, 0.1) is 6.92 Å². The van der Waals surface area contributed by atoms with Crippen LogP contribution in [0.3, 0.4) is 0 Å². The molecule has 222 valence electrons. The molecule has 7 aromatic rings. The second-order valence-electron chi connectivity index (χ2n) is 12.5. The molecular weight excluding hydrogens is 571 g/mol. The third-order valence-corrected chi connectivity index (χ3v) is 9.68. The molecule has 9 rings (SSSR count). The number of pyridine rings is 3. The molecule has 0 fully saturated rings. The van der Waals surface area contributed by atoms with Crippen LogP contribution in [-0.4, -0.2) is 0 Å². The predicted molar refractivity (Wildman–Crippen MR) is 188 cm³/mol. The summed E-state index contributed by atoms with van der Waals surface area (Å²) in [4.78, 5) is 0. The average molecular weight is 605 g/mol. The van der Waals surface area contributed by atoms with Gasteiger partial charge in [-0.05, 0) is 60.5 Å². The number of aromatic nitrogens is 3. The number of fused-ring (bicyclic) bond motifs is 9. The zero-order valence-corrected chi connectivity index (χ0v) is 26.3. The molecule has 47 heavy (non-hydrogen) atoms. The minimum absolute atomic E-state index is 0.757. The first-order valence-electron chi connectivity index (χ1n) is 16.4. The molecule has 5 heterocycles. The monoisotopic (exact) mass is 604 g/mol. The number of allylic oxidation sites excluding steroid dienone is 1. The van der Waals surface area contributed by atoms with Gasteiger partial charge < -0.3 is 0 Å². The summed E-state index contributed by atoms with van der Waals surface area (Å²) in [6, 6.07) is 53.0. The van der Waals surface area contributed by atoms with Crippen LogP contribution in [0.1, 0.15) is 22.3 Å². The fourth-order valence-corrected chi connectivity index (χ4v) is 7.63. The van der Waals surface area contributed by atoms with Gasteiger partial charge in [-0.1, -0.05) is 78.9 Å². The summed E-state index contributed by atoms with van der Waals surface area (Å²) in [5.74, 6) is 0. The van der Waals surface area contributed by atoms with E-state index >= 15 is 0 Å². The molecule has 3 heteroatoms. The highest BCUT2D eigenvalue weighted by molar-refractivity contribution is 5.87. The van der Waals surface area contributed by atoms with Crippen LogP contribution in [0.5, 0.6) is 0 Å². The third kappa shape index (κ3) is 4.54. The van der Waals surface area contributed by atoms with Gasteiger partial charge in [-0.2, -0.15) is 13.7 Å². The normalized spacial score (nSPS) is 14.5. The molecule has 0 amide bonds.